The summed E-state index contributed by atoms with van der Waals surface area (Å²) in [6.07, 6.45) is 4.77. The monoisotopic (exact) mass is 349 g/mol. The number of hydrogen-bond donors (Lipinski definition) is 0. The van der Waals surface area contributed by atoms with Gasteiger partial charge in [0.15, 0.2) is 5.78 Å². The first-order chi connectivity index (χ1) is 11.5. The highest BCUT2D eigenvalue weighted by molar-refractivity contribution is 6.32. The van der Waals surface area contributed by atoms with Crippen LogP contribution in [0.4, 0.5) is 0 Å². The topological polar surface area (TPSA) is 63.7 Å². The lowest BCUT2D eigenvalue weighted by Crippen LogP contribution is -2.39. The number of ketones is 1. The number of ether oxygens (including phenoxy) is 1. The highest BCUT2D eigenvalue weighted by Gasteiger charge is 2.51. The average molecular weight is 350 g/mol. The van der Waals surface area contributed by atoms with Crippen molar-refractivity contribution in [3.63, 3.8) is 0 Å². The van der Waals surface area contributed by atoms with E-state index in [1.54, 1.807) is 12.1 Å². The van der Waals surface area contributed by atoms with Crippen LogP contribution in [0.3, 0.4) is 0 Å². The van der Waals surface area contributed by atoms with Crippen LogP contribution < -0.4 is 4.74 Å². The number of rotatable bonds is 4. The van der Waals surface area contributed by atoms with Crippen molar-refractivity contribution in [2.45, 2.75) is 38.5 Å². The van der Waals surface area contributed by atoms with E-state index in [2.05, 4.69) is 0 Å². The van der Waals surface area contributed by atoms with Gasteiger partial charge in [-0.25, -0.2) is 0 Å². The molecule has 0 bridgehead atoms. The van der Waals surface area contributed by atoms with Gasteiger partial charge in [0.25, 0.3) is 0 Å². The molecule has 24 heavy (non-hydrogen) atoms. The van der Waals surface area contributed by atoms with Gasteiger partial charge in [-0.2, -0.15) is 0 Å². The zero-order chi connectivity index (χ0) is 17.3. The molecule has 1 aliphatic heterocycles. The van der Waals surface area contributed by atoms with Crippen molar-refractivity contribution in [3.05, 3.63) is 28.8 Å². The summed E-state index contributed by atoms with van der Waals surface area (Å²) >= 11 is 6.04. The molecule has 0 N–H and O–H groups in total. The summed E-state index contributed by atoms with van der Waals surface area (Å²) in [7, 11) is 1.49. The second-order valence-corrected chi connectivity index (χ2v) is 6.98. The molecule has 5 nitrogen and oxygen atoms in total. The molecule has 3 rings (SSSR count). The number of benzene rings is 1. The van der Waals surface area contributed by atoms with E-state index in [-0.39, 0.29) is 30.6 Å². The van der Waals surface area contributed by atoms with Gasteiger partial charge in [-0.05, 0) is 31.0 Å². The van der Waals surface area contributed by atoms with Crippen LogP contribution >= 0.6 is 11.6 Å². The number of likely N-dealkylation sites (tertiary alicyclic amines) is 1. The summed E-state index contributed by atoms with van der Waals surface area (Å²) in [6, 6.07) is 4.70. The van der Waals surface area contributed by atoms with Gasteiger partial charge in [0.05, 0.1) is 24.1 Å². The zero-order valence-electron chi connectivity index (χ0n) is 13.6. The van der Waals surface area contributed by atoms with Crippen molar-refractivity contribution < 1.29 is 19.1 Å². The smallest absolute Gasteiger partial charge is 0.236 e. The number of imide groups is 1. The summed E-state index contributed by atoms with van der Waals surface area (Å²) in [5.74, 6) is -0.244. The van der Waals surface area contributed by atoms with Crippen molar-refractivity contribution in [2.24, 2.45) is 5.41 Å². The lowest BCUT2D eigenvalue weighted by Gasteiger charge is -2.30. The normalized spacial score (nSPS) is 19.8. The van der Waals surface area contributed by atoms with Crippen LogP contribution in [0.2, 0.25) is 5.02 Å². The van der Waals surface area contributed by atoms with E-state index in [9.17, 15) is 14.4 Å². The predicted molar refractivity (Wildman–Crippen MR) is 89.2 cm³/mol. The van der Waals surface area contributed by atoms with E-state index in [1.165, 1.54) is 13.2 Å². The van der Waals surface area contributed by atoms with Crippen LogP contribution in [-0.4, -0.2) is 36.2 Å². The van der Waals surface area contributed by atoms with E-state index in [1.807, 2.05) is 0 Å². The number of methoxy groups -OCH3 is 1. The third-order valence-corrected chi connectivity index (χ3v) is 5.37. The lowest BCUT2D eigenvalue weighted by atomic mass is 9.73. The predicted octanol–water partition coefficient (Wildman–Crippen LogP) is 3.24. The highest BCUT2D eigenvalue weighted by Crippen LogP contribution is 2.45. The van der Waals surface area contributed by atoms with Gasteiger partial charge in [0.1, 0.15) is 5.75 Å². The largest absolute Gasteiger partial charge is 0.495 e. The van der Waals surface area contributed by atoms with Crippen molar-refractivity contribution in [1.29, 1.82) is 0 Å². The number of nitrogens with zero attached hydrogens (tertiary/aromatic N) is 1. The standard InChI is InChI=1S/C18H20ClNO4/c1-24-15-6-5-12(9-13(15)19)14(21)11-20-16(22)10-18(17(20)23)7-3-2-4-8-18/h5-6,9H,2-4,7-8,10-11H2,1H3. The molecule has 1 aromatic rings. The first-order valence-electron chi connectivity index (χ1n) is 8.18. The number of halogens is 1. The second kappa shape index (κ2) is 6.55. The average Bonchev–Trinajstić information content (AvgIpc) is 2.79. The Balaban J connectivity index is 1.75. The van der Waals surface area contributed by atoms with Crippen LogP contribution in [0, 0.1) is 5.41 Å². The molecule has 2 fully saturated rings. The molecule has 1 heterocycles. The lowest BCUT2D eigenvalue weighted by molar-refractivity contribution is -0.141. The molecule has 1 aromatic carbocycles. The quantitative estimate of drug-likeness (QED) is 0.618. The van der Waals surface area contributed by atoms with Crippen molar-refractivity contribution >= 4 is 29.2 Å². The minimum Gasteiger partial charge on any atom is -0.495 e. The fraction of sp³-hybridized carbons (Fsp3) is 0.500. The van der Waals surface area contributed by atoms with Crippen molar-refractivity contribution in [3.8, 4) is 5.75 Å². The van der Waals surface area contributed by atoms with Gasteiger partial charge in [-0.1, -0.05) is 30.9 Å². The van der Waals surface area contributed by atoms with Gasteiger partial charge in [-0.3, -0.25) is 19.3 Å². The molecule has 6 heteroatoms. The Labute approximate surface area is 145 Å². The Morgan fingerprint density at radius 2 is 1.96 bits per heavy atom. The van der Waals surface area contributed by atoms with Gasteiger partial charge >= 0.3 is 0 Å². The molecular formula is C18H20ClNO4. The maximum absolute atomic E-state index is 12.7. The van der Waals surface area contributed by atoms with Crippen LogP contribution in [0.25, 0.3) is 0 Å². The summed E-state index contributed by atoms with van der Waals surface area (Å²) < 4.78 is 5.06. The van der Waals surface area contributed by atoms with Gasteiger partial charge in [-0.15, -0.1) is 0 Å². The molecule has 0 radical (unpaired) electrons. The summed E-state index contributed by atoms with van der Waals surface area (Å²) in [6.45, 7) is -0.220. The molecule has 0 aromatic heterocycles. The Bertz CT molecular complexity index is 694. The molecule has 2 aliphatic rings. The van der Waals surface area contributed by atoms with Crippen LogP contribution in [0.15, 0.2) is 18.2 Å². The van der Waals surface area contributed by atoms with Gasteiger partial charge in [0.2, 0.25) is 11.8 Å². The third-order valence-electron chi connectivity index (χ3n) is 5.08. The van der Waals surface area contributed by atoms with E-state index < -0.39 is 5.41 Å². The Kier molecular flexibility index (Phi) is 4.63. The van der Waals surface area contributed by atoms with Crippen molar-refractivity contribution in [2.75, 3.05) is 13.7 Å². The fourth-order valence-corrected chi connectivity index (χ4v) is 3.97. The Morgan fingerprint density at radius 1 is 1.25 bits per heavy atom. The molecule has 1 saturated heterocycles. The summed E-state index contributed by atoms with van der Waals surface area (Å²) in [4.78, 5) is 38.6. The van der Waals surface area contributed by atoms with E-state index >= 15 is 0 Å². The molecule has 0 atom stereocenters. The Hall–Kier alpha value is -1.88. The number of Topliss-reactive ketones (excluding diaryl/α,β-unsaturated/α-hetero) is 1. The molecule has 2 amide bonds. The Morgan fingerprint density at radius 3 is 2.58 bits per heavy atom. The zero-order valence-corrected chi connectivity index (χ0v) is 14.4. The van der Waals surface area contributed by atoms with E-state index in [0.717, 1.165) is 37.0 Å². The maximum atomic E-state index is 12.7. The number of carbonyl (C=O) groups is 3. The molecule has 1 spiro atoms. The SMILES string of the molecule is COc1ccc(C(=O)CN2C(=O)CC3(CCCCC3)C2=O)cc1Cl. The van der Waals surface area contributed by atoms with Crippen LogP contribution in [0.5, 0.6) is 5.75 Å². The second-order valence-electron chi connectivity index (χ2n) is 6.58. The molecular weight excluding hydrogens is 330 g/mol. The van der Waals surface area contributed by atoms with E-state index in [0.29, 0.717) is 16.3 Å². The molecule has 0 unspecified atom stereocenters. The molecule has 1 aliphatic carbocycles. The first kappa shape index (κ1) is 17.0. The van der Waals surface area contributed by atoms with Crippen LogP contribution in [-0.2, 0) is 9.59 Å². The number of carbonyl (C=O) groups excluding carboxylic acids is 3. The van der Waals surface area contributed by atoms with E-state index in [4.69, 9.17) is 16.3 Å². The van der Waals surface area contributed by atoms with Crippen LogP contribution in [0.1, 0.15) is 48.9 Å². The molecule has 128 valence electrons. The first-order valence-corrected chi connectivity index (χ1v) is 8.56. The maximum Gasteiger partial charge on any atom is 0.236 e. The minimum atomic E-state index is -0.562. The minimum absolute atomic E-state index is 0.180. The summed E-state index contributed by atoms with van der Waals surface area (Å²) in [5, 5.41) is 0.325. The number of hydrogen-bond acceptors (Lipinski definition) is 4. The molecule has 1 saturated carbocycles. The third kappa shape index (κ3) is 2.93. The van der Waals surface area contributed by atoms with Gasteiger partial charge in [0, 0.05) is 12.0 Å². The van der Waals surface area contributed by atoms with Gasteiger partial charge < -0.3 is 4.74 Å². The highest BCUT2D eigenvalue weighted by atomic mass is 35.5. The van der Waals surface area contributed by atoms with Crippen molar-refractivity contribution in [1.82, 2.24) is 4.90 Å². The fourth-order valence-electron chi connectivity index (χ4n) is 3.71. The number of amides is 2. The summed E-state index contributed by atoms with van der Waals surface area (Å²) in [5.41, 5.74) is -0.196.